The molecule has 2 heterocycles. The average Bonchev–Trinajstić information content (AvgIpc) is 3.20. The minimum atomic E-state index is -0.841. The Labute approximate surface area is 140 Å². The van der Waals surface area contributed by atoms with Crippen LogP contribution in [0.3, 0.4) is 0 Å². The maximum Gasteiger partial charge on any atom is 0.308 e. The van der Waals surface area contributed by atoms with Gasteiger partial charge in [0.25, 0.3) is 0 Å². The fraction of sp³-hybridized carbons (Fsp3) is 0.389. The summed E-state index contributed by atoms with van der Waals surface area (Å²) in [6.07, 6.45) is 4.64. The Morgan fingerprint density at radius 1 is 1.25 bits per heavy atom. The van der Waals surface area contributed by atoms with E-state index in [9.17, 15) is 14.7 Å². The smallest absolute Gasteiger partial charge is 0.308 e. The van der Waals surface area contributed by atoms with Crippen LogP contribution in [0.15, 0.2) is 42.7 Å². The summed E-state index contributed by atoms with van der Waals surface area (Å²) in [5.74, 6) is -1.53. The van der Waals surface area contributed by atoms with E-state index in [0.29, 0.717) is 19.4 Å². The minimum absolute atomic E-state index is 0.00327. The third-order valence-electron chi connectivity index (χ3n) is 4.60. The highest BCUT2D eigenvalue weighted by molar-refractivity contribution is 5.79. The Bertz CT molecular complexity index is 726. The van der Waals surface area contributed by atoms with Crippen molar-refractivity contribution in [1.82, 2.24) is 14.7 Å². The predicted octanol–water partition coefficient (Wildman–Crippen LogP) is 1.68. The molecule has 126 valence electrons. The molecule has 1 aliphatic heterocycles. The van der Waals surface area contributed by atoms with Crippen molar-refractivity contribution in [2.45, 2.75) is 18.8 Å². The van der Waals surface area contributed by atoms with E-state index >= 15 is 0 Å². The average molecular weight is 327 g/mol. The molecular weight excluding hydrogens is 306 g/mol. The first-order valence-corrected chi connectivity index (χ1v) is 8.07. The fourth-order valence-electron chi connectivity index (χ4n) is 3.31. The summed E-state index contributed by atoms with van der Waals surface area (Å²) in [6, 6.07) is 9.59. The molecule has 1 amide bonds. The first kappa shape index (κ1) is 16.2. The minimum Gasteiger partial charge on any atom is -0.481 e. The van der Waals surface area contributed by atoms with Gasteiger partial charge in [-0.1, -0.05) is 30.3 Å². The van der Waals surface area contributed by atoms with Gasteiger partial charge in [-0.3, -0.25) is 14.3 Å². The number of hydrogen-bond acceptors (Lipinski definition) is 3. The van der Waals surface area contributed by atoms with Crippen LogP contribution in [0.2, 0.25) is 0 Å². The number of carboxylic acid groups (broad SMARTS) is 1. The van der Waals surface area contributed by atoms with Gasteiger partial charge in [-0.05, 0) is 17.5 Å². The maximum atomic E-state index is 12.5. The maximum absolute atomic E-state index is 12.5. The van der Waals surface area contributed by atoms with Gasteiger partial charge in [-0.15, -0.1) is 0 Å². The van der Waals surface area contributed by atoms with Crippen molar-refractivity contribution < 1.29 is 14.7 Å². The highest BCUT2D eigenvalue weighted by atomic mass is 16.4. The second-order valence-electron chi connectivity index (χ2n) is 6.28. The Kier molecular flexibility index (Phi) is 4.64. The lowest BCUT2D eigenvalue weighted by atomic mass is 9.89. The molecule has 0 radical (unpaired) electrons. The van der Waals surface area contributed by atoms with Crippen LogP contribution in [0.4, 0.5) is 0 Å². The Hall–Kier alpha value is -2.63. The van der Waals surface area contributed by atoms with Crippen molar-refractivity contribution in [3.8, 4) is 0 Å². The molecule has 1 fully saturated rings. The van der Waals surface area contributed by atoms with Gasteiger partial charge >= 0.3 is 5.97 Å². The van der Waals surface area contributed by atoms with Gasteiger partial charge < -0.3 is 10.0 Å². The van der Waals surface area contributed by atoms with Crippen molar-refractivity contribution in [2.24, 2.45) is 13.0 Å². The number of aliphatic carboxylic acids is 1. The second kappa shape index (κ2) is 6.86. The lowest BCUT2D eigenvalue weighted by Gasteiger charge is -2.16. The number of hydrogen-bond donors (Lipinski definition) is 1. The molecule has 6 heteroatoms. The van der Waals surface area contributed by atoms with Crippen LogP contribution in [-0.4, -0.2) is 44.8 Å². The zero-order valence-corrected chi connectivity index (χ0v) is 13.6. The number of benzene rings is 1. The van der Waals surface area contributed by atoms with Crippen LogP contribution in [0, 0.1) is 5.92 Å². The fourth-order valence-corrected chi connectivity index (χ4v) is 3.31. The standard InChI is InChI=1S/C18H21N3O3/c1-20-10-13(9-19-20)7-8-17(22)21-11-15(16(12-21)18(23)24)14-5-3-2-4-6-14/h2-6,9-10,15-16H,7-8,11-12H2,1H3,(H,23,24)/t15-,16-/m0/s1. The van der Waals surface area contributed by atoms with E-state index in [1.54, 1.807) is 15.8 Å². The van der Waals surface area contributed by atoms with Gasteiger partial charge in [0.05, 0.1) is 12.1 Å². The molecule has 6 nitrogen and oxygen atoms in total. The van der Waals surface area contributed by atoms with E-state index in [1.165, 1.54) is 0 Å². The van der Waals surface area contributed by atoms with Gasteiger partial charge in [-0.25, -0.2) is 0 Å². The molecule has 1 aromatic heterocycles. The molecule has 0 aliphatic carbocycles. The zero-order valence-electron chi connectivity index (χ0n) is 13.6. The summed E-state index contributed by atoms with van der Waals surface area (Å²) < 4.78 is 1.71. The first-order valence-electron chi connectivity index (χ1n) is 8.07. The number of carbonyl (C=O) groups is 2. The summed E-state index contributed by atoms with van der Waals surface area (Å²) in [6.45, 7) is 0.744. The van der Waals surface area contributed by atoms with Crippen molar-refractivity contribution in [3.05, 3.63) is 53.9 Å². The number of likely N-dealkylation sites (tertiary alicyclic amines) is 1. The predicted molar refractivity (Wildman–Crippen MR) is 88.4 cm³/mol. The molecule has 24 heavy (non-hydrogen) atoms. The van der Waals surface area contributed by atoms with Crippen molar-refractivity contribution in [1.29, 1.82) is 0 Å². The van der Waals surface area contributed by atoms with Crippen LogP contribution < -0.4 is 0 Å². The molecule has 0 unspecified atom stereocenters. The molecule has 2 atom stereocenters. The van der Waals surface area contributed by atoms with Gasteiger partial charge in [0, 0.05) is 38.7 Å². The molecule has 1 aromatic carbocycles. The summed E-state index contributed by atoms with van der Waals surface area (Å²) in [4.78, 5) is 25.8. The largest absolute Gasteiger partial charge is 0.481 e. The molecule has 1 saturated heterocycles. The lowest BCUT2D eigenvalue weighted by Crippen LogP contribution is -2.30. The van der Waals surface area contributed by atoms with Crippen LogP contribution in [0.25, 0.3) is 0 Å². The highest BCUT2D eigenvalue weighted by Gasteiger charge is 2.40. The van der Waals surface area contributed by atoms with Crippen LogP contribution in [-0.2, 0) is 23.1 Å². The van der Waals surface area contributed by atoms with E-state index in [-0.39, 0.29) is 18.4 Å². The molecule has 1 N–H and O–H groups in total. The Balaban J connectivity index is 1.66. The normalized spacial score (nSPS) is 20.3. The summed E-state index contributed by atoms with van der Waals surface area (Å²) >= 11 is 0. The lowest BCUT2D eigenvalue weighted by molar-refractivity contribution is -0.141. The number of nitrogens with zero attached hydrogens (tertiary/aromatic N) is 3. The molecule has 2 aromatic rings. The van der Waals surface area contributed by atoms with Gasteiger partial charge in [0.1, 0.15) is 0 Å². The highest BCUT2D eigenvalue weighted by Crippen LogP contribution is 2.33. The molecule has 0 bridgehead atoms. The van der Waals surface area contributed by atoms with E-state index in [0.717, 1.165) is 11.1 Å². The van der Waals surface area contributed by atoms with Crippen LogP contribution in [0.1, 0.15) is 23.5 Å². The van der Waals surface area contributed by atoms with E-state index in [1.807, 2.05) is 43.6 Å². The number of aromatic nitrogens is 2. The molecule has 0 saturated carbocycles. The zero-order chi connectivity index (χ0) is 17.1. The van der Waals surface area contributed by atoms with Gasteiger partial charge in [0.15, 0.2) is 0 Å². The summed E-state index contributed by atoms with van der Waals surface area (Å²) in [7, 11) is 1.84. The van der Waals surface area contributed by atoms with E-state index in [2.05, 4.69) is 5.10 Å². The van der Waals surface area contributed by atoms with Crippen molar-refractivity contribution >= 4 is 11.9 Å². The monoisotopic (exact) mass is 327 g/mol. The molecular formula is C18H21N3O3. The van der Waals surface area contributed by atoms with Gasteiger partial charge in [-0.2, -0.15) is 5.10 Å². The Morgan fingerprint density at radius 2 is 2.00 bits per heavy atom. The van der Waals surface area contributed by atoms with Crippen molar-refractivity contribution in [3.63, 3.8) is 0 Å². The third-order valence-corrected chi connectivity index (χ3v) is 4.60. The van der Waals surface area contributed by atoms with Crippen LogP contribution in [0.5, 0.6) is 0 Å². The summed E-state index contributed by atoms with van der Waals surface area (Å²) in [5, 5.41) is 13.6. The number of aryl methyl sites for hydroxylation is 2. The number of amides is 1. The van der Waals surface area contributed by atoms with Gasteiger partial charge in [0.2, 0.25) is 5.91 Å². The number of carboxylic acids is 1. The Morgan fingerprint density at radius 3 is 2.62 bits per heavy atom. The molecule has 0 spiro atoms. The molecule has 1 aliphatic rings. The van der Waals surface area contributed by atoms with Crippen LogP contribution >= 0.6 is 0 Å². The van der Waals surface area contributed by atoms with E-state index < -0.39 is 11.9 Å². The molecule has 3 rings (SSSR count). The van der Waals surface area contributed by atoms with E-state index in [4.69, 9.17) is 0 Å². The second-order valence-corrected chi connectivity index (χ2v) is 6.28. The quantitative estimate of drug-likeness (QED) is 0.906. The topological polar surface area (TPSA) is 75.4 Å². The first-order chi connectivity index (χ1) is 11.5. The van der Waals surface area contributed by atoms with Crippen molar-refractivity contribution in [2.75, 3.05) is 13.1 Å². The number of rotatable bonds is 5. The number of carbonyl (C=O) groups excluding carboxylic acids is 1. The summed E-state index contributed by atoms with van der Waals surface area (Å²) in [5.41, 5.74) is 1.99. The third kappa shape index (κ3) is 3.48. The SMILES string of the molecule is Cn1cc(CCC(=O)N2C[C@H](C(=O)O)[C@H](c3ccccc3)C2)cn1.